The zero-order valence-corrected chi connectivity index (χ0v) is 16.7. The lowest BCUT2D eigenvalue weighted by Gasteiger charge is -2.01. The number of benzene rings is 1. The van der Waals surface area contributed by atoms with E-state index in [4.69, 9.17) is 9.68 Å². The van der Waals surface area contributed by atoms with Crippen LogP contribution in [0.15, 0.2) is 41.1 Å². The number of hydrogen-bond acceptors (Lipinski definition) is 9. The van der Waals surface area contributed by atoms with Crippen molar-refractivity contribution in [2.24, 2.45) is 5.41 Å². The van der Waals surface area contributed by atoms with Gasteiger partial charge in [0.25, 0.3) is 0 Å². The van der Waals surface area contributed by atoms with Crippen molar-refractivity contribution in [3.05, 3.63) is 53.4 Å². The van der Waals surface area contributed by atoms with Crippen LogP contribution in [0.2, 0.25) is 0 Å². The smallest absolute Gasteiger partial charge is 0.223 e. The molecule has 3 heterocycles. The molecule has 1 aliphatic carbocycles. The molecule has 1 fully saturated rings. The standard InChI is InChI=1S/C21H16N6O2S/c22-12-21(4-5-21)11-14(28)9-17-26-27-18(29-17)10-19-25-15-3-2-13(8-16(15)30-19)20-23-6-1-7-24-20/h1-3,6-8H,4-5,9-11H2. The summed E-state index contributed by atoms with van der Waals surface area (Å²) in [4.78, 5) is 25.4. The van der Waals surface area contributed by atoms with Gasteiger partial charge in [-0.15, -0.1) is 21.5 Å². The Morgan fingerprint density at radius 2 is 2.00 bits per heavy atom. The molecule has 8 nitrogen and oxygen atoms in total. The summed E-state index contributed by atoms with van der Waals surface area (Å²) in [7, 11) is 0. The van der Waals surface area contributed by atoms with Crippen molar-refractivity contribution >= 4 is 27.3 Å². The van der Waals surface area contributed by atoms with Crippen LogP contribution in [-0.4, -0.2) is 30.9 Å². The van der Waals surface area contributed by atoms with Crippen molar-refractivity contribution in [1.82, 2.24) is 25.1 Å². The van der Waals surface area contributed by atoms with Crippen LogP contribution in [0.25, 0.3) is 21.6 Å². The summed E-state index contributed by atoms with van der Waals surface area (Å²) in [5, 5.41) is 18.0. The molecule has 0 bridgehead atoms. The quantitative estimate of drug-likeness (QED) is 0.449. The van der Waals surface area contributed by atoms with Crippen LogP contribution < -0.4 is 0 Å². The monoisotopic (exact) mass is 416 g/mol. The zero-order valence-electron chi connectivity index (χ0n) is 15.9. The van der Waals surface area contributed by atoms with Crippen molar-refractivity contribution in [2.45, 2.75) is 32.1 Å². The molecule has 4 aromatic rings. The molecule has 0 N–H and O–H groups in total. The molecular weight excluding hydrogens is 400 g/mol. The van der Waals surface area contributed by atoms with Crippen LogP contribution in [0.4, 0.5) is 0 Å². The van der Waals surface area contributed by atoms with Crippen LogP contribution in [0.5, 0.6) is 0 Å². The molecule has 3 aromatic heterocycles. The second kappa shape index (κ2) is 7.39. The van der Waals surface area contributed by atoms with Gasteiger partial charge in [0, 0.05) is 24.4 Å². The highest BCUT2D eigenvalue weighted by atomic mass is 32.1. The number of nitriles is 1. The molecule has 0 saturated heterocycles. The van der Waals surface area contributed by atoms with Gasteiger partial charge in [-0.2, -0.15) is 5.26 Å². The molecule has 1 saturated carbocycles. The third kappa shape index (κ3) is 3.82. The number of carbonyl (C=O) groups excluding carboxylic acids is 1. The van der Waals surface area contributed by atoms with Crippen molar-refractivity contribution in [3.8, 4) is 17.5 Å². The molecule has 0 spiro atoms. The first kappa shape index (κ1) is 18.5. The van der Waals surface area contributed by atoms with Crippen molar-refractivity contribution in [3.63, 3.8) is 0 Å². The van der Waals surface area contributed by atoms with Gasteiger partial charge in [0.1, 0.15) is 10.8 Å². The van der Waals surface area contributed by atoms with Crippen LogP contribution in [0, 0.1) is 16.7 Å². The molecule has 1 aliphatic rings. The fraction of sp³-hybridized carbons (Fsp3) is 0.286. The number of rotatable bonds is 7. The maximum absolute atomic E-state index is 12.2. The van der Waals surface area contributed by atoms with E-state index >= 15 is 0 Å². The number of fused-ring (bicyclic) bond motifs is 1. The van der Waals surface area contributed by atoms with E-state index in [2.05, 4.69) is 31.2 Å². The first-order chi connectivity index (χ1) is 14.6. The van der Waals surface area contributed by atoms with Gasteiger partial charge in [-0.05, 0) is 37.1 Å². The second-order valence-electron chi connectivity index (χ2n) is 7.41. The molecule has 5 rings (SSSR count). The SMILES string of the molecule is N#CC1(CC(=O)Cc2nnc(Cc3nc4ccc(-c5ncccn5)cc4s3)o2)CC1. The van der Waals surface area contributed by atoms with Crippen LogP contribution in [0.1, 0.15) is 36.1 Å². The number of nitrogens with zero attached hydrogens (tertiary/aromatic N) is 6. The Hall–Kier alpha value is -3.51. The van der Waals surface area contributed by atoms with Crippen LogP contribution >= 0.6 is 11.3 Å². The largest absolute Gasteiger partial charge is 0.424 e. The summed E-state index contributed by atoms with van der Waals surface area (Å²) >= 11 is 1.55. The molecule has 148 valence electrons. The van der Waals surface area contributed by atoms with E-state index in [-0.39, 0.29) is 24.5 Å². The Bertz CT molecular complexity index is 1270. The van der Waals surface area contributed by atoms with Gasteiger partial charge >= 0.3 is 0 Å². The Morgan fingerprint density at radius 1 is 1.20 bits per heavy atom. The van der Waals surface area contributed by atoms with E-state index in [1.54, 1.807) is 29.8 Å². The van der Waals surface area contributed by atoms with Gasteiger partial charge < -0.3 is 4.42 Å². The number of hydrogen-bond donors (Lipinski definition) is 0. The lowest BCUT2D eigenvalue weighted by atomic mass is 10.00. The fourth-order valence-electron chi connectivity index (χ4n) is 3.28. The van der Waals surface area contributed by atoms with Crippen LogP contribution in [-0.2, 0) is 17.6 Å². The lowest BCUT2D eigenvalue weighted by Crippen LogP contribution is -2.10. The average Bonchev–Trinajstić information content (AvgIpc) is 3.20. The Morgan fingerprint density at radius 3 is 2.77 bits per heavy atom. The minimum absolute atomic E-state index is 0.0418. The first-order valence-electron chi connectivity index (χ1n) is 9.54. The number of carbonyl (C=O) groups is 1. The first-order valence-corrected chi connectivity index (χ1v) is 10.4. The molecular formula is C21H16N6O2S. The Balaban J connectivity index is 1.28. The minimum atomic E-state index is -0.454. The molecule has 9 heteroatoms. The molecule has 0 atom stereocenters. The highest BCUT2D eigenvalue weighted by Gasteiger charge is 2.44. The molecule has 0 radical (unpaired) electrons. The minimum Gasteiger partial charge on any atom is -0.424 e. The predicted octanol–water partition coefficient (Wildman–Crippen LogP) is 3.53. The second-order valence-corrected chi connectivity index (χ2v) is 8.53. The zero-order chi connectivity index (χ0) is 20.6. The number of Topliss-reactive ketones (excluding diaryl/α,β-unsaturated/α-hetero) is 1. The summed E-state index contributed by atoms with van der Waals surface area (Å²) in [5.41, 5.74) is 1.36. The van der Waals surface area contributed by atoms with Gasteiger partial charge in [-0.3, -0.25) is 4.79 Å². The highest BCUT2D eigenvalue weighted by molar-refractivity contribution is 7.18. The summed E-state index contributed by atoms with van der Waals surface area (Å²) in [6.45, 7) is 0. The number of ketones is 1. The highest BCUT2D eigenvalue weighted by Crippen LogP contribution is 2.48. The Labute approximate surface area is 175 Å². The summed E-state index contributed by atoms with van der Waals surface area (Å²) in [5.74, 6) is 1.34. The summed E-state index contributed by atoms with van der Waals surface area (Å²) in [6, 6.07) is 9.93. The Kier molecular flexibility index (Phi) is 4.56. The van der Waals surface area contributed by atoms with E-state index in [1.165, 1.54) is 0 Å². The third-order valence-electron chi connectivity index (χ3n) is 5.04. The van der Waals surface area contributed by atoms with E-state index in [0.717, 1.165) is 33.6 Å². The van der Waals surface area contributed by atoms with Crippen molar-refractivity contribution in [2.75, 3.05) is 0 Å². The van der Waals surface area contributed by atoms with Crippen molar-refractivity contribution < 1.29 is 9.21 Å². The van der Waals surface area contributed by atoms with Gasteiger partial charge in [0.05, 0.1) is 34.5 Å². The van der Waals surface area contributed by atoms with Gasteiger partial charge in [-0.25, -0.2) is 15.0 Å². The van der Waals surface area contributed by atoms with Gasteiger partial charge in [-0.1, -0.05) is 0 Å². The number of aromatic nitrogens is 5. The van der Waals surface area contributed by atoms with E-state index in [0.29, 0.717) is 18.1 Å². The maximum atomic E-state index is 12.2. The third-order valence-corrected chi connectivity index (χ3v) is 6.06. The van der Waals surface area contributed by atoms with E-state index in [9.17, 15) is 4.79 Å². The maximum Gasteiger partial charge on any atom is 0.223 e. The topological polar surface area (TPSA) is 118 Å². The van der Waals surface area contributed by atoms with E-state index in [1.807, 2.05) is 18.2 Å². The molecule has 1 aromatic carbocycles. The van der Waals surface area contributed by atoms with E-state index < -0.39 is 5.41 Å². The van der Waals surface area contributed by atoms with Gasteiger partial charge in [0.2, 0.25) is 11.8 Å². The molecule has 30 heavy (non-hydrogen) atoms. The summed E-state index contributed by atoms with van der Waals surface area (Å²) in [6.07, 6.45) is 5.74. The normalized spacial score (nSPS) is 14.5. The van der Waals surface area contributed by atoms with Crippen molar-refractivity contribution in [1.29, 1.82) is 5.26 Å². The average molecular weight is 416 g/mol. The lowest BCUT2D eigenvalue weighted by molar-refractivity contribution is -0.119. The summed E-state index contributed by atoms with van der Waals surface area (Å²) < 4.78 is 6.66. The van der Waals surface area contributed by atoms with Crippen LogP contribution in [0.3, 0.4) is 0 Å². The number of thiazole rings is 1. The predicted molar refractivity (Wildman–Crippen MR) is 108 cm³/mol. The van der Waals surface area contributed by atoms with Gasteiger partial charge in [0.15, 0.2) is 5.82 Å². The molecule has 0 amide bonds. The molecule has 0 aliphatic heterocycles. The fourth-order valence-corrected chi connectivity index (χ4v) is 4.28. The molecule has 0 unspecified atom stereocenters.